The van der Waals surface area contributed by atoms with Crippen molar-refractivity contribution in [3.8, 4) is 11.5 Å². The summed E-state index contributed by atoms with van der Waals surface area (Å²) in [5, 5.41) is 0. The van der Waals surface area contributed by atoms with E-state index < -0.39 is 0 Å². The van der Waals surface area contributed by atoms with E-state index in [0.717, 1.165) is 33.0 Å². The molecule has 0 aliphatic heterocycles. The van der Waals surface area contributed by atoms with E-state index in [1.807, 2.05) is 72.8 Å². The summed E-state index contributed by atoms with van der Waals surface area (Å²) in [6, 6.07) is 36.7. The molecule has 3 heteroatoms. The minimum atomic E-state index is 0.798. The van der Waals surface area contributed by atoms with Crippen molar-refractivity contribution in [3.63, 3.8) is 0 Å². The number of halogens is 1. The van der Waals surface area contributed by atoms with Crippen molar-refractivity contribution in [1.29, 1.82) is 0 Å². The summed E-state index contributed by atoms with van der Waals surface area (Å²) in [6.45, 7) is 0. The number of rotatable bonds is 5. The summed E-state index contributed by atoms with van der Waals surface area (Å²) in [7, 11) is 0. The van der Waals surface area contributed by atoms with Crippen molar-refractivity contribution in [1.82, 2.24) is 0 Å². The maximum absolute atomic E-state index is 6.05. The Morgan fingerprint density at radius 2 is 1.07 bits per heavy atom. The molecule has 2 nitrogen and oxygen atoms in total. The predicted molar refractivity (Wildman–Crippen MR) is 115 cm³/mol. The first-order valence-electron chi connectivity index (χ1n) is 8.73. The third-order valence-electron chi connectivity index (χ3n) is 4.15. The van der Waals surface area contributed by atoms with Crippen LogP contribution in [-0.2, 0) is 0 Å². The second-order valence-electron chi connectivity index (χ2n) is 6.06. The molecule has 0 aliphatic rings. The number of nitrogens with zero attached hydrogens (tertiary/aromatic N) is 1. The Hall–Kier alpha value is -3.04. The van der Waals surface area contributed by atoms with Crippen LogP contribution >= 0.6 is 15.9 Å². The van der Waals surface area contributed by atoms with Gasteiger partial charge in [0, 0.05) is 27.6 Å². The fourth-order valence-electron chi connectivity index (χ4n) is 2.93. The van der Waals surface area contributed by atoms with E-state index in [2.05, 4.69) is 57.2 Å². The van der Waals surface area contributed by atoms with Gasteiger partial charge >= 0.3 is 0 Å². The first-order valence-corrected chi connectivity index (χ1v) is 9.53. The van der Waals surface area contributed by atoms with Crippen molar-refractivity contribution >= 4 is 33.0 Å². The molecular weight excluding hydrogens is 398 g/mol. The zero-order valence-corrected chi connectivity index (χ0v) is 16.2. The van der Waals surface area contributed by atoms with Gasteiger partial charge in [0.1, 0.15) is 11.5 Å². The largest absolute Gasteiger partial charge is 0.457 e. The molecule has 0 amide bonds. The van der Waals surface area contributed by atoms with Gasteiger partial charge in [0.05, 0.1) is 0 Å². The second-order valence-corrected chi connectivity index (χ2v) is 6.98. The smallest absolute Gasteiger partial charge is 0.129 e. The molecular formula is C24H18BrNO. The van der Waals surface area contributed by atoms with Gasteiger partial charge in [-0.25, -0.2) is 0 Å². The molecule has 0 radical (unpaired) electrons. The van der Waals surface area contributed by atoms with Gasteiger partial charge in [0.2, 0.25) is 0 Å². The molecule has 0 bridgehead atoms. The minimum Gasteiger partial charge on any atom is -0.457 e. The van der Waals surface area contributed by atoms with E-state index in [1.165, 1.54) is 0 Å². The van der Waals surface area contributed by atoms with Crippen LogP contribution in [0.15, 0.2) is 114 Å². The first kappa shape index (κ1) is 17.4. The Labute approximate surface area is 167 Å². The Morgan fingerprint density at radius 3 is 1.67 bits per heavy atom. The molecule has 0 unspecified atom stereocenters. The molecule has 0 saturated heterocycles. The molecule has 0 fully saturated rings. The Morgan fingerprint density at radius 1 is 0.519 bits per heavy atom. The topological polar surface area (TPSA) is 12.5 Å². The van der Waals surface area contributed by atoms with E-state index >= 15 is 0 Å². The van der Waals surface area contributed by atoms with Crippen LogP contribution in [0.25, 0.3) is 0 Å². The summed E-state index contributed by atoms with van der Waals surface area (Å²) in [6.07, 6.45) is 0. The lowest BCUT2D eigenvalue weighted by molar-refractivity contribution is 0.483. The van der Waals surface area contributed by atoms with E-state index in [0.29, 0.717) is 0 Å². The van der Waals surface area contributed by atoms with Gasteiger partial charge in [-0.1, -0.05) is 58.4 Å². The zero-order chi connectivity index (χ0) is 18.5. The van der Waals surface area contributed by atoms with Crippen molar-refractivity contribution < 1.29 is 4.74 Å². The standard InChI is InChI=1S/C24H18BrNO/c25-19-14-16-23(17-15-19)27-24-13-7-12-22(18-24)26(20-8-3-1-4-9-20)21-10-5-2-6-11-21/h1-18H. The second kappa shape index (κ2) is 8.11. The van der Waals surface area contributed by atoms with Gasteiger partial charge in [-0.05, 0) is 60.7 Å². The summed E-state index contributed by atoms with van der Waals surface area (Å²) in [5.74, 6) is 1.60. The molecule has 0 saturated carbocycles. The number of benzene rings is 4. The molecule has 0 atom stereocenters. The summed E-state index contributed by atoms with van der Waals surface area (Å²) < 4.78 is 7.08. The Bertz CT molecular complexity index is 962. The molecule has 4 rings (SSSR count). The van der Waals surface area contributed by atoms with Crippen LogP contribution in [0.3, 0.4) is 0 Å². The summed E-state index contributed by atoms with van der Waals surface area (Å²) in [5.41, 5.74) is 3.25. The first-order chi connectivity index (χ1) is 13.3. The average Bonchev–Trinajstić information content (AvgIpc) is 2.72. The van der Waals surface area contributed by atoms with Crippen molar-refractivity contribution in [2.24, 2.45) is 0 Å². The third kappa shape index (κ3) is 4.21. The molecule has 0 heterocycles. The summed E-state index contributed by atoms with van der Waals surface area (Å²) >= 11 is 3.45. The van der Waals surface area contributed by atoms with Crippen LogP contribution in [0.1, 0.15) is 0 Å². The quantitative estimate of drug-likeness (QED) is 0.330. The van der Waals surface area contributed by atoms with Gasteiger partial charge in [-0.3, -0.25) is 0 Å². The van der Waals surface area contributed by atoms with Gasteiger partial charge in [-0.2, -0.15) is 0 Å². The lowest BCUT2D eigenvalue weighted by Crippen LogP contribution is -2.09. The number of hydrogen-bond donors (Lipinski definition) is 0. The van der Waals surface area contributed by atoms with Crippen LogP contribution in [0.2, 0.25) is 0 Å². The molecule has 0 aliphatic carbocycles. The number of ether oxygens (including phenoxy) is 1. The van der Waals surface area contributed by atoms with E-state index in [1.54, 1.807) is 0 Å². The number of para-hydroxylation sites is 2. The van der Waals surface area contributed by atoms with Crippen molar-refractivity contribution in [2.75, 3.05) is 4.90 Å². The molecule has 0 aromatic heterocycles. The fourth-order valence-corrected chi connectivity index (χ4v) is 3.19. The number of hydrogen-bond acceptors (Lipinski definition) is 2. The van der Waals surface area contributed by atoms with E-state index in [4.69, 9.17) is 4.74 Å². The monoisotopic (exact) mass is 415 g/mol. The van der Waals surface area contributed by atoms with E-state index in [-0.39, 0.29) is 0 Å². The van der Waals surface area contributed by atoms with Crippen LogP contribution in [0, 0.1) is 0 Å². The third-order valence-corrected chi connectivity index (χ3v) is 4.68. The molecule has 132 valence electrons. The fraction of sp³-hybridized carbons (Fsp3) is 0. The average molecular weight is 416 g/mol. The highest BCUT2D eigenvalue weighted by molar-refractivity contribution is 9.10. The van der Waals surface area contributed by atoms with E-state index in [9.17, 15) is 0 Å². The Balaban J connectivity index is 1.71. The van der Waals surface area contributed by atoms with Gasteiger partial charge in [0.25, 0.3) is 0 Å². The lowest BCUT2D eigenvalue weighted by atomic mass is 10.2. The minimum absolute atomic E-state index is 0.798. The molecule has 0 spiro atoms. The maximum atomic E-state index is 6.05. The van der Waals surface area contributed by atoms with Gasteiger partial charge < -0.3 is 9.64 Å². The number of anilines is 3. The highest BCUT2D eigenvalue weighted by atomic mass is 79.9. The normalized spacial score (nSPS) is 10.4. The van der Waals surface area contributed by atoms with Gasteiger partial charge in [-0.15, -0.1) is 0 Å². The van der Waals surface area contributed by atoms with Crippen LogP contribution in [0.5, 0.6) is 11.5 Å². The highest BCUT2D eigenvalue weighted by Crippen LogP contribution is 2.36. The predicted octanol–water partition coefficient (Wildman–Crippen LogP) is 7.71. The van der Waals surface area contributed by atoms with Crippen LogP contribution in [-0.4, -0.2) is 0 Å². The zero-order valence-electron chi connectivity index (χ0n) is 14.6. The van der Waals surface area contributed by atoms with Crippen LogP contribution < -0.4 is 9.64 Å². The molecule has 4 aromatic rings. The van der Waals surface area contributed by atoms with Crippen molar-refractivity contribution in [2.45, 2.75) is 0 Å². The SMILES string of the molecule is Brc1ccc(Oc2cccc(N(c3ccccc3)c3ccccc3)c2)cc1. The van der Waals surface area contributed by atoms with Gasteiger partial charge in [0.15, 0.2) is 0 Å². The van der Waals surface area contributed by atoms with Crippen LogP contribution in [0.4, 0.5) is 17.1 Å². The molecule has 27 heavy (non-hydrogen) atoms. The molecule has 4 aromatic carbocycles. The Kier molecular flexibility index (Phi) is 5.22. The molecule has 0 N–H and O–H groups in total. The van der Waals surface area contributed by atoms with Crippen molar-refractivity contribution in [3.05, 3.63) is 114 Å². The maximum Gasteiger partial charge on any atom is 0.129 e. The lowest BCUT2D eigenvalue weighted by Gasteiger charge is -2.25. The summed E-state index contributed by atoms with van der Waals surface area (Å²) in [4.78, 5) is 2.22. The highest BCUT2D eigenvalue weighted by Gasteiger charge is 2.12.